The molecule has 10 rings (SSSR count). The smallest absolute Gasteiger partial charge is 0.159 e. The maximum absolute atomic E-state index is 6.85. The first-order chi connectivity index (χ1) is 30.0. The van der Waals surface area contributed by atoms with Crippen molar-refractivity contribution in [3.63, 3.8) is 0 Å². The Morgan fingerprint density at radius 2 is 0.855 bits per heavy atom. The molecular weight excluding hydrogens is 751 g/mol. The van der Waals surface area contributed by atoms with Gasteiger partial charge in [0.2, 0.25) is 0 Å². The Kier molecular flexibility index (Phi) is 9.68. The molecule has 0 fully saturated rings. The minimum Gasteiger partial charge on any atom is -0.454 e. The standard InChI is InChI=1S/C60H51NO/c1-59(2,3)45-37-44(38-46(39-45)60(4,5)6)48-26-16-21-43-22-17-27-51(57(43)48)49-24-11-14-30-54(49)61(55-31-18-28-52-50-25-12-15-32-56(50)62-58(52)55)53-29-13-10-23-47(53)42-35-33-41(34-36-42)40-19-8-7-9-20-40/h7-39H,1-6H3. The quantitative estimate of drug-likeness (QED) is 0.160. The molecule has 302 valence electrons. The van der Waals surface area contributed by atoms with Crippen LogP contribution in [0.15, 0.2) is 205 Å². The van der Waals surface area contributed by atoms with Gasteiger partial charge in [-0.05, 0) is 90.4 Å². The van der Waals surface area contributed by atoms with Gasteiger partial charge in [-0.2, -0.15) is 0 Å². The van der Waals surface area contributed by atoms with E-state index >= 15 is 0 Å². The highest BCUT2D eigenvalue weighted by molar-refractivity contribution is 6.13. The van der Waals surface area contributed by atoms with E-state index in [-0.39, 0.29) is 10.8 Å². The minimum absolute atomic E-state index is 0.0105. The monoisotopic (exact) mass is 801 g/mol. The van der Waals surface area contributed by atoms with E-state index < -0.39 is 0 Å². The number of hydrogen-bond acceptors (Lipinski definition) is 2. The first-order valence-corrected chi connectivity index (χ1v) is 21.8. The molecule has 0 aliphatic rings. The molecule has 62 heavy (non-hydrogen) atoms. The Labute approximate surface area is 365 Å². The summed E-state index contributed by atoms with van der Waals surface area (Å²) in [6.07, 6.45) is 0. The van der Waals surface area contributed by atoms with Gasteiger partial charge in [0.1, 0.15) is 5.58 Å². The highest BCUT2D eigenvalue weighted by Gasteiger charge is 2.26. The molecule has 0 aliphatic carbocycles. The van der Waals surface area contributed by atoms with Crippen LogP contribution in [0.3, 0.4) is 0 Å². The van der Waals surface area contributed by atoms with Gasteiger partial charge in [-0.3, -0.25) is 0 Å². The lowest BCUT2D eigenvalue weighted by molar-refractivity contribution is 0.569. The van der Waals surface area contributed by atoms with E-state index in [4.69, 9.17) is 4.42 Å². The van der Waals surface area contributed by atoms with Crippen molar-refractivity contribution in [3.8, 4) is 44.5 Å². The van der Waals surface area contributed by atoms with Gasteiger partial charge in [-0.1, -0.05) is 217 Å². The fourth-order valence-corrected chi connectivity index (χ4v) is 9.03. The van der Waals surface area contributed by atoms with Crippen molar-refractivity contribution in [1.82, 2.24) is 0 Å². The molecule has 0 atom stereocenters. The summed E-state index contributed by atoms with van der Waals surface area (Å²) >= 11 is 0. The lowest BCUT2D eigenvalue weighted by Crippen LogP contribution is -2.16. The molecule has 0 aliphatic heterocycles. The van der Waals surface area contributed by atoms with Crippen molar-refractivity contribution in [3.05, 3.63) is 211 Å². The van der Waals surface area contributed by atoms with Crippen LogP contribution in [0.5, 0.6) is 0 Å². The zero-order valence-corrected chi connectivity index (χ0v) is 36.4. The topological polar surface area (TPSA) is 16.4 Å². The molecule has 1 heterocycles. The van der Waals surface area contributed by atoms with E-state index in [9.17, 15) is 0 Å². The molecule has 0 radical (unpaired) electrons. The van der Waals surface area contributed by atoms with Crippen LogP contribution in [0, 0.1) is 0 Å². The van der Waals surface area contributed by atoms with Crippen LogP contribution in [0.4, 0.5) is 17.1 Å². The Morgan fingerprint density at radius 3 is 1.55 bits per heavy atom. The summed E-state index contributed by atoms with van der Waals surface area (Å²) in [5.74, 6) is 0. The highest BCUT2D eigenvalue weighted by atomic mass is 16.3. The molecule has 1 aromatic heterocycles. The molecule has 0 saturated heterocycles. The molecule has 0 N–H and O–H groups in total. The van der Waals surface area contributed by atoms with Crippen LogP contribution in [-0.4, -0.2) is 0 Å². The van der Waals surface area contributed by atoms with Crippen LogP contribution in [0.25, 0.3) is 77.2 Å². The van der Waals surface area contributed by atoms with E-state index in [0.29, 0.717) is 0 Å². The third kappa shape index (κ3) is 7.06. The predicted octanol–water partition coefficient (Wildman–Crippen LogP) is 17.5. The number of rotatable bonds is 7. The molecule has 10 aromatic rings. The lowest BCUT2D eigenvalue weighted by atomic mass is 9.78. The molecule has 0 bridgehead atoms. The second-order valence-electron chi connectivity index (χ2n) is 18.6. The summed E-state index contributed by atoms with van der Waals surface area (Å²) in [4.78, 5) is 2.43. The fraction of sp³-hybridized carbons (Fsp3) is 0.133. The van der Waals surface area contributed by atoms with Crippen molar-refractivity contribution in [2.45, 2.75) is 52.4 Å². The molecular formula is C60H51NO. The number of hydrogen-bond donors (Lipinski definition) is 0. The summed E-state index contributed by atoms with van der Waals surface area (Å²) < 4.78 is 6.85. The van der Waals surface area contributed by atoms with E-state index in [1.807, 2.05) is 6.07 Å². The van der Waals surface area contributed by atoms with Crippen LogP contribution in [0.1, 0.15) is 52.7 Å². The number of benzene rings is 9. The predicted molar refractivity (Wildman–Crippen MR) is 265 cm³/mol. The van der Waals surface area contributed by atoms with Crippen LogP contribution in [0.2, 0.25) is 0 Å². The van der Waals surface area contributed by atoms with Crippen molar-refractivity contribution in [2.24, 2.45) is 0 Å². The molecule has 0 spiro atoms. The Balaban J connectivity index is 1.23. The second kappa shape index (κ2) is 15.4. The van der Waals surface area contributed by atoms with E-state index in [1.54, 1.807) is 0 Å². The van der Waals surface area contributed by atoms with Crippen molar-refractivity contribution in [1.29, 1.82) is 0 Å². The summed E-state index contributed by atoms with van der Waals surface area (Å²) in [5.41, 5.74) is 16.9. The molecule has 9 aromatic carbocycles. The zero-order valence-electron chi connectivity index (χ0n) is 36.4. The van der Waals surface area contributed by atoms with E-state index in [2.05, 4.69) is 241 Å². The summed E-state index contributed by atoms with van der Waals surface area (Å²) in [5, 5.41) is 4.64. The molecule has 2 heteroatoms. The average molecular weight is 802 g/mol. The third-order valence-electron chi connectivity index (χ3n) is 12.4. The maximum Gasteiger partial charge on any atom is 0.159 e. The SMILES string of the molecule is CC(C)(C)c1cc(-c2cccc3cccc(-c4ccccc4N(c4ccccc4-c4ccc(-c5ccccc5)cc4)c4cccc5c4oc4ccccc45)c23)cc(C(C)(C)C)c1. The van der Waals surface area contributed by atoms with Gasteiger partial charge in [0, 0.05) is 21.9 Å². The molecule has 0 amide bonds. The van der Waals surface area contributed by atoms with Crippen molar-refractivity contribution < 1.29 is 4.42 Å². The number of nitrogens with zero attached hydrogens (tertiary/aromatic N) is 1. The average Bonchev–Trinajstić information content (AvgIpc) is 3.68. The van der Waals surface area contributed by atoms with Gasteiger partial charge in [-0.25, -0.2) is 0 Å². The van der Waals surface area contributed by atoms with E-state index in [1.165, 1.54) is 49.7 Å². The number of fused-ring (bicyclic) bond motifs is 4. The highest BCUT2D eigenvalue weighted by Crippen LogP contribution is 2.50. The first-order valence-electron chi connectivity index (χ1n) is 21.8. The van der Waals surface area contributed by atoms with Gasteiger partial charge >= 0.3 is 0 Å². The van der Waals surface area contributed by atoms with Gasteiger partial charge < -0.3 is 9.32 Å². The summed E-state index contributed by atoms with van der Waals surface area (Å²) in [6, 6.07) is 72.9. The number of para-hydroxylation sites is 4. The van der Waals surface area contributed by atoms with Crippen LogP contribution >= 0.6 is 0 Å². The van der Waals surface area contributed by atoms with Crippen molar-refractivity contribution in [2.75, 3.05) is 4.90 Å². The van der Waals surface area contributed by atoms with E-state index in [0.717, 1.165) is 55.7 Å². The second-order valence-corrected chi connectivity index (χ2v) is 18.6. The Morgan fingerprint density at radius 1 is 0.355 bits per heavy atom. The number of furan rings is 1. The largest absolute Gasteiger partial charge is 0.454 e. The van der Waals surface area contributed by atoms with Gasteiger partial charge in [0.15, 0.2) is 5.58 Å². The number of anilines is 3. The fourth-order valence-electron chi connectivity index (χ4n) is 9.03. The zero-order chi connectivity index (χ0) is 42.6. The summed E-state index contributed by atoms with van der Waals surface area (Å²) in [6.45, 7) is 13.9. The van der Waals surface area contributed by atoms with Gasteiger partial charge in [0.25, 0.3) is 0 Å². The van der Waals surface area contributed by atoms with Crippen LogP contribution in [-0.2, 0) is 10.8 Å². The van der Waals surface area contributed by atoms with Crippen LogP contribution < -0.4 is 4.90 Å². The molecule has 0 unspecified atom stereocenters. The normalized spacial score (nSPS) is 12.0. The third-order valence-corrected chi connectivity index (χ3v) is 12.4. The Bertz CT molecular complexity index is 3210. The molecule has 0 saturated carbocycles. The lowest BCUT2D eigenvalue weighted by Gasteiger charge is -2.30. The van der Waals surface area contributed by atoms with Crippen molar-refractivity contribution >= 4 is 49.8 Å². The van der Waals surface area contributed by atoms with Gasteiger partial charge in [0.05, 0.1) is 17.1 Å². The Hall–Kier alpha value is -7.16. The maximum atomic E-state index is 6.85. The molecule has 2 nitrogen and oxygen atoms in total. The minimum atomic E-state index is -0.0105. The first kappa shape index (κ1) is 39.0. The summed E-state index contributed by atoms with van der Waals surface area (Å²) in [7, 11) is 0. The van der Waals surface area contributed by atoms with Gasteiger partial charge in [-0.15, -0.1) is 0 Å².